The summed E-state index contributed by atoms with van der Waals surface area (Å²) in [6.45, 7) is 4.57. The van der Waals surface area contributed by atoms with Crippen LogP contribution in [0.5, 0.6) is 5.75 Å². The lowest BCUT2D eigenvalue weighted by Gasteiger charge is -2.43. The van der Waals surface area contributed by atoms with Crippen LogP contribution < -0.4 is 15.5 Å². The van der Waals surface area contributed by atoms with Gasteiger partial charge in [-0.05, 0) is 74.4 Å². The number of likely N-dealkylation sites (tertiary alicyclic amines) is 1. The summed E-state index contributed by atoms with van der Waals surface area (Å²) in [6, 6.07) is 14.0. The number of phenols is 1. The van der Waals surface area contributed by atoms with Crippen LogP contribution in [0, 0.1) is 17.8 Å². The fourth-order valence-electron chi connectivity index (χ4n) is 6.32. The monoisotopic (exact) mass is 525 g/mol. The van der Waals surface area contributed by atoms with Crippen molar-refractivity contribution in [3.05, 3.63) is 54.4 Å². The summed E-state index contributed by atoms with van der Waals surface area (Å²) in [5.41, 5.74) is 10.4. The van der Waals surface area contributed by atoms with E-state index in [1.807, 2.05) is 24.4 Å². The number of phenolic OH excluding ortho intramolecular Hbond substituents is 1. The third kappa shape index (κ3) is 5.35. The summed E-state index contributed by atoms with van der Waals surface area (Å²) >= 11 is 0. The van der Waals surface area contributed by atoms with Crippen LogP contribution in [0.2, 0.25) is 0 Å². The standard InChI is InChI=1S/C30H35N7O2/c31-30-28(16-27(33-34-30)26-7-1-2-8-29(26)39)36-18-24-9-10-25(19-36)37(24)23-11-12-32-22(15-23)6-4-14-35-13-3-5-21(17-35)20-38/h1-2,7-8,11-12,15-16,21,24-25,38-39H,3,5,9-10,13-14,17-20H2,(H2,31,34). The van der Waals surface area contributed by atoms with E-state index in [2.05, 4.69) is 53.9 Å². The molecule has 5 heterocycles. The highest BCUT2D eigenvalue weighted by Crippen LogP contribution is 2.39. The molecule has 3 aromatic rings. The van der Waals surface area contributed by atoms with Crippen molar-refractivity contribution in [1.29, 1.82) is 0 Å². The number of aliphatic hydroxyl groups excluding tert-OH is 1. The molecule has 202 valence electrons. The summed E-state index contributed by atoms with van der Waals surface area (Å²) in [5.74, 6) is 7.52. The van der Waals surface area contributed by atoms with Crippen LogP contribution in [-0.2, 0) is 0 Å². The minimum Gasteiger partial charge on any atom is -0.507 e. The summed E-state index contributed by atoms with van der Waals surface area (Å²) < 4.78 is 0. The number of nitrogens with zero attached hydrogens (tertiary/aromatic N) is 6. The van der Waals surface area contributed by atoms with Crippen LogP contribution in [-0.4, -0.2) is 81.7 Å². The molecule has 0 spiro atoms. The number of aromatic nitrogens is 3. The van der Waals surface area contributed by atoms with E-state index in [9.17, 15) is 10.2 Å². The van der Waals surface area contributed by atoms with Gasteiger partial charge in [-0.2, -0.15) is 0 Å². The number of anilines is 3. The molecule has 3 atom stereocenters. The van der Waals surface area contributed by atoms with E-state index in [-0.39, 0.29) is 12.4 Å². The number of piperidine rings is 1. The largest absolute Gasteiger partial charge is 0.507 e. The molecule has 3 fully saturated rings. The number of pyridine rings is 1. The molecule has 0 radical (unpaired) electrons. The summed E-state index contributed by atoms with van der Waals surface area (Å²) in [6.07, 6.45) is 6.29. The number of nitrogens with two attached hydrogens (primary N) is 1. The number of nitrogen functional groups attached to an aromatic ring is 1. The van der Waals surface area contributed by atoms with E-state index in [1.165, 1.54) is 0 Å². The zero-order valence-electron chi connectivity index (χ0n) is 22.1. The van der Waals surface area contributed by atoms with Crippen LogP contribution in [0.1, 0.15) is 31.4 Å². The van der Waals surface area contributed by atoms with E-state index in [4.69, 9.17) is 5.73 Å². The Morgan fingerprint density at radius 1 is 1.00 bits per heavy atom. The predicted octanol–water partition coefficient (Wildman–Crippen LogP) is 2.74. The first kappa shape index (κ1) is 25.4. The van der Waals surface area contributed by atoms with Gasteiger partial charge in [-0.25, -0.2) is 4.98 Å². The molecule has 0 saturated carbocycles. The smallest absolute Gasteiger partial charge is 0.169 e. The highest BCUT2D eigenvalue weighted by atomic mass is 16.3. The SMILES string of the molecule is Nc1nnc(-c2ccccc2O)cc1N1CC2CCC(C1)N2c1ccnc(C#CCN2CCCC(CO)C2)c1. The topological polar surface area (TPSA) is 115 Å². The van der Waals surface area contributed by atoms with Crippen LogP contribution in [0.4, 0.5) is 17.2 Å². The van der Waals surface area contributed by atoms with Crippen molar-refractivity contribution in [2.45, 2.75) is 37.8 Å². The van der Waals surface area contributed by atoms with E-state index in [0.717, 1.165) is 68.9 Å². The number of hydrogen-bond acceptors (Lipinski definition) is 9. The molecule has 3 aliphatic heterocycles. The number of benzene rings is 1. The van der Waals surface area contributed by atoms with Gasteiger partial charge in [0.05, 0.1) is 17.9 Å². The first-order chi connectivity index (χ1) is 19.1. The molecule has 9 nitrogen and oxygen atoms in total. The van der Waals surface area contributed by atoms with Gasteiger partial charge in [0, 0.05) is 55.8 Å². The molecule has 0 aliphatic carbocycles. The maximum Gasteiger partial charge on any atom is 0.169 e. The van der Waals surface area contributed by atoms with Crippen molar-refractivity contribution in [1.82, 2.24) is 20.1 Å². The number of aromatic hydroxyl groups is 1. The number of para-hydroxylation sites is 1. The lowest BCUT2D eigenvalue weighted by atomic mass is 9.99. The number of fused-ring (bicyclic) bond motifs is 2. The van der Waals surface area contributed by atoms with Gasteiger partial charge in [-0.1, -0.05) is 18.1 Å². The van der Waals surface area contributed by atoms with Crippen molar-refractivity contribution in [2.24, 2.45) is 5.92 Å². The van der Waals surface area contributed by atoms with Crippen molar-refractivity contribution in [3.8, 4) is 28.8 Å². The molecule has 3 unspecified atom stereocenters. The fourth-order valence-corrected chi connectivity index (χ4v) is 6.32. The molecule has 6 rings (SSSR count). The van der Waals surface area contributed by atoms with Crippen LogP contribution in [0.25, 0.3) is 11.3 Å². The second-order valence-electron chi connectivity index (χ2n) is 10.8. The van der Waals surface area contributed by atoms with Gasteiger partial charge < -0.3 is 25.7 Å². The molecule has 9 heteroatoms. The zero-order valence-corrected chi connectivity index (χ0v) is 22.1. The van der Waals surface area contributed by atoms with E-state index in [1.54, 1.807) is 12.1 Å². The Kier molecular flexibility index (Phi) is 7.22. The maximum atomic E-state index is 10.3. The maximum absolute atomic E-state index is 10.3. The minimum atomic E-state index is 0.175. The molecule has 3 aliphatic rings. The van der Waals surface area contributed by atoms with Crippen molar-refractivity contribution in [3.63, 3.8) is 0 Å². The second kappa shape index (κ2) is 11.1. The molecule has 4 N–H and O–H groups in total. The molecule has 39 heavy (non-hydrogen) atoms. The van der Waals surface area contributed by atoms with Crippen LogP contribution >= 0.6 is 0 Å². The van der Waals surface area contributed by atoms with E-state index in [0.29, 0.717) is 41.6 Å². The Labute approximate surface area is 229 Å². The lowest BCUT2D eigenvalue weighted by molar-refractivity contribution is 0.130. The number of piperazine rings is 1. The van der Waals surface area contributed by atoms with Crippen molar-refractivity contribution in [2.75, 3.05) is 54.9 Å². The third-order valence-electron chi connectivity index (χ3n) is 8.23. The van der Waals surface area contributed by atoms with Crippen LogP contribution in [0.15, 0.2) is 48.7 Å². The van der Waals surface area contributed by atoms with Gasteiger partial charge in [-0.3, -0.25) is 4.90 Å². The lowest BCUT2D eigenvalue weighted by Crippen LogP contribution is -2.54. The van der Waals surface area contributed by atoms with Crippen molar-refractivity contribution < 1.29 is 10.2 Å². The van der Waals surface area contributed by atoms with Gasteiger partial charge in [0.1, 0.15) is 11.4 Å². The third-order valence-corrected chi connectivity index (χ3v) is 8.23. The Balaban J connectivity index is 1.16. The van der Waals surface area contributed by atoms with Gasteiger partial charge in [0.25, 0.3) is 0 Å². The Morgan fingerprint density at radius 2 is 1.82 bits per heavy atom. The number of rotatable bonds is 5. The molecule has 2 bridgehead atoms. The highest BCUT2D eigenvalue weighted by molar-refractivity contribution is 5.74. The molecular formula is C30H35N7O2. The van der Waals surface area contributed by atoms with E-state index < -0.39 is 0 Å². The Bertz CT molecular complexity index is 1370. The average molecular weight is 526 g/mol. The van der Waals surface area contributed by atoms with Gasteiger partial charge in [0.2, 0.25) is 0 Å². The normalized spacial score (nSPS) is 22.9. The van der Waals surface area contributed by atoms with Gasteiger partial charge in [0.15, 0.2) is 5.82 Å². The summed E-state index contributed by atoms with van der Waals surface area (Å²) in [5, 5.41) is 28.3. The second-order valence-corrected chi connectivity index (χ2v) is 10.8. The number of hydrogen-bond donors (Lipinski definition) is 3. The molecule has 2 aromatic heterocycles. The van der Waals surface area contributed by atoms with Gasteiger partial charge >= 0.3 is 0 Å². The van der Waals surface area contributed by atoms with E-state index >= 15 is 0 Å². The summed E-state index contributed by atoms with van der Waals surface area (Å²) in [4.78, 5) is 11.7. The average Bonchev–Trinajstić information content (AvgIpc) is 3.23. The van der Waals surface area contributed by atoms with Gasteiger partial charge in [-0.15, -0.1) is 10.2 Å². The highest BCUT2D eigenvalue weighted by Gasteiger charge is 2.40. The Hall–Kier alpha value is -3.87. The number of aliphatic hydroxyl groups is 1. The fraction of sp³-hybridized carbons (Fsp3) is 0.433. The van der Waals surface area contributed by atoms with Crippen molar-refractivity contribution >= 4 is 17.2 Å². The zero-order chi connectivity index (χ0) is 26.8. The quantitative estimate of drug-likeness (QED) is 0.433. The predicted molar refractivity (Wildman–Crippen MR) is 152 cm³/mol. The first-order valence-electron chi connectivity index (χ1n) is 13.8. The molecular weight excluding hydrogens is 490 g/mol. The molecule has 1 aromatic carbocycles. The minimum absolute atomic E-state index is 0.175. The molecule has 0 amide bonds. The molecule has 3 saturated heterocycles. The summed E-state index contributed by atoms with van der Waals surface area (Å²) in [7, 11) is 0. The first-order valence-corrected chi connectivity index (χ1v) is 13.8. The van der Waals surface area contributed by atoms with Crippen LogP contribution in [0.3, 0.4) is 0 Å². The Morgan fingerprint density at radius 3 is 2.62 bits per heavy atom.